The van der Waals surface area contributed by atoms with Crippen molar-refractivity contribution in [2.45, 2.75) is 5.41 Å². The molecule has 0 saturated heterocycles. The van der Waals surface area contributed by atoms with E-state index in [1.54, 1.807) is 31.3 Å². The van der Waals surface area contributed by atoms with E-state index >= 15 is 0 Å². The SMILES string of the molecule is CN1C(=O)[C@]2(C(C#N)=C(N)N(c3ccc(F)c(Cl)c3)C3=C2C(=O)OC3)c2ccccc21. The van der Waals surface area contributed by atoms with E-state index in [4.69, 9.17) is 22.1 Å². The lowest BCUT2D eigenvalue weighted by atomic mass is 9.67. The highest BCUT2D eigenvalue weighted by Crippen LogP contribution is 2.55. The van der Waals surface area contributed by atoms with E-state index in [2.05, 4.69) is 6.07 Å². The molecule has 2 aromatic rings. The summed E-state index contributed by atoms with van der Waals surface area (Å²) in [5, 5.41) is 9.99. The first-order valence-electron chi connectivity index (χ1n) is 9.28. The van der Waals surface area contributed by atoms with Gasteiger partial charge in [0, 0.05) is 24.0 Å². The highest BCUT2D eigenvalue weighted by atomic mass is 35.5. The van der Waals surface area contributed by atoms with Crippen LogP contribution in [-0.4, -0.2) is 25.5 Å². The molecule has 1 atom stereocenters. The van der Waals surface area contributed by atoms with Crippen LogP contribution in [-0.2, 0) is 19.7 Å². The second-order valence-corrected chi connectivity index (χ2v) is 7.74. The molecule has 9 heteroatoms. The first-order valence-corrected chi connectivity index (χ1v) is 9.65. The molecule has 0 fully saturated rings. The Hall–Kier alpha value is -3.83. The molecule has 0 aromatic heterocycles. The number of nitrogens with two attached hydrogens (primary N) is 1. The summed E-state index contributed by atoms with van der Waals surface area (Å²) in [6, 6.07) is 12.9. The average molecular weight is 437 g/mol. The highest BCUT2D eigenvalue weighted by molar-refractivity contribution is 6.31. The van der Waals surface area contributed by atoms with Gasteiger partial charge in [0.1, 0.15) is 29.7 Å². The molecule has 3 aliphatic rings. The molecule has 31 heavy (non-hydrogen) atoms. The summed E-state index contributed by atoms with van der Waals surface area (Å²) in [7, 11) is 1.58. The fraction of sp³-hybridized carbons (Fsp3) is 0.136. The quantitative estimate of drug-likeness (QED) is 0.690. The number of cyclic esters (lactones) is 1. The number of para-hydroxylation sites is 1. The first kappa shape index (κ1) is 19.2. The van der Waals surface area contributed by atoms with Gasteiger partial charge in [-0.3, -0.25) is 9.69 Å². The number of fused-ring (bicyclic) bond motifs is 3. The van der Waals surface area contributed by atoms with Gasteiger partial charge in [-0.05, 0) is 24.3 Å². The fourth-order valence-electron chi connectivity index (χ4n) is 4.62. The van der Waals surface area contributed by atoms with E-state index < -0.39 is 23.1 Å². The molecule has 7 nitrogen and oxygen atoms in total. The number of benzene rings is 2. The van der Waals surface area contributed by atoms with Crippen molar-refractivity contribution in [3.05, 3.63) is 81.5 Å². The summed E-state index contributed by atoms with van der Waals surface area (Å²) in [4.78, 5) is 29.4. The zero-order chi connectivity index (χ0) is 22.1. The van der Waals surface area contributed by atoms with Gasteiger partial charge in [0.15, 0.2) is 0 Å². The van der Waals surface area contributed by atoms with Crippen LogP contribution in [0.25, 0.3) is 0 Å². The number of hydrogen-bond acceptors (Lipinski definition) is 6. The van der Waals surface area contributed by atoms with Gasteiger partial charge in [0.05, 0.1) is 21.9 Å². The van der Waals surface area contributed by atoms with E-state index in [-0.39, 0.29) is 28.6 Å². The maximum atomic E-state index is 13.7. The molecule has 0 aliphatic carbocycles. The molecular formula is C22H14ClFN4O3. The van der Waals surface area contributed by atoms with Gasteiger partial charge in [0.2, 0.25) is 5.91 Å². The minimum absolute atomic E-state index is 0.0282. The van der Waals surface area contributed by atoms with Gasteiger partial charge in [-0.1, -0.05) is 29.8 Å². The summed E-state index contributed by atoms with van der Waals surface area (Å²) >= 11 is 5.95. The maximum absolute atomic E-state index is 13.7. The van der Waals surface area contributed by atoms with Crippen molar-refractivity contribution in [2.24, 2.45) is 5.73 Å². The number of amides is 1. The summed E-state index contributed by atoms with van der Waals surface area (Å²) in [5.74, 6) is -1.87. The van der Waals surface area contributed by atoms with Gasteiger partial charge in [0.25, 0.3) is 0 Å². The molecule has 2 N–H and O–H groups in total. The Morgan fingerprint density at radius 2 is 2.00 bits per heavy atom. The number of likely N-dealkylation sites (N-methyl/N-ethyl adjacent to an activating group) is 1. The van der Waals surface area contributed by atoms with Crippen LogP contribution in [0.2, 0.25) is 5.02 Å². The lowest BCUT2D eigenvalue weighted by Crippen LogP contribution is -2.50. The number of nitrogens with zero attached hydrogens (tertiary/aromatic N) is 3. The summed E-state index contributed by atoms with van der Waals surface area (Å²) in [6.45, 7) is -0.163. The molecule has 1 amide bonds. The largest absolute Gasteiger partial charge is 0.456 e. The zero-order valence-corrected chi connectivity index (χ0v) is 16.9. The Morgan fingerprint density at radius 1 is 1.26 bits per heavy atom. The molecular weight excluding hydrogens is 423 g/mol. The summed E-state index contributed by atoms with van der Waals surface area (Å²) in [5.41, 5.74) is 6.35. The van der Waals surface area contributed by atoms with Crippen molar-refractivity contribution in [3.8, 4) is 6.07 Å². The van der Waals surface area contributed by atoms with Crippen molar-refractivity contribution in [1.29, 1.82) is 5.26 Å². The Bertz CT molecular complexity index is 1310. The normalized spacial score (nSPS) is 22.1. The van der Waals surface area contributed by atoms with Crippen LogP contribution < -0.4 is 15.5 Å². The monoisotopic (exact) mass is 436 g/mol. The van der Waals surface area contributed by atoms with Gasteiger partial charge < -0.3 is 15.4 Å². The number of carbonyl (C=O) groups is 2. The van der Waals surface area contributed by atoms with Crippen molar-refractivity contribution in [1.82, 2.24) is 0 Å². The third kappa shape index (κ3) is 2.21. The molecule has 0 saturated carbocycles. The predicted octanol–water partition coefficient (Wildman–Crippen LogP) is 2.72. The van der Waals surface area contributed by atoms with Crippen LogP contribution in [0.4, 0.5) is 15.8 Å². The third-order valence-electron chi connectivity index (χ3n) is 5.92. The van der Waals surface area contributed by atoms with Crippen molar-refractivity contribution >= 4 is 34.9 Å². The predicted molar refractivity (Wildman–Crippen MR) is 110 cm³/mol. The molecule has 3 heterocycles. The van der Waals surface area contributed by atoms with E-state index in [9.17, 15) is 19.2 Å². The first-order chi connectivity index (χ1) is 14.8. The number of halogens is 2. The number of esters is 1. The van der Waals surface area contributed by atoms with E-state index in [0.29, 0.717) is 22.6 Å². The molecule has 0 radical (unpaired) electrons. The lowest BCUT2D eigenvalue weighted by Gasteiger charge is -2.38. The van der Waals surface area contributed by atoms with Crippen LogP contribution in [0, 0.1) is 17.1 Å². The Balaban J connectivity index is 1.87. The standard InChI is InChI=1S/C22H14ClFN4O3/c1-27-16-5-3-2-4-12(16)22(21(27)30)13(9-25)19(26)28(17-10-31-20(29)18(17)22)11-6-7-15(24)14(23)8-11/h2-8H,10,26H2,1H3/t22-/m0/s1. The van der Waals surface area contributed by atoms with Gasteiger partial charge >= 0.3 is 5.97 Å². The molecule has 2 aromatic carbocycles. The second kappa shape index (κ2) is 6.33. The second-order valence-electron chi connectivity index (χ2n) is 7.34. The van der Waals surface area contributed by atoms with E-state index in [1.807, 2.05) is 0 Å². The topological polar surface area (TPSA) is 99.7 Å². The van der Waals surface area contributed by atoms with Crippen molar-refractivity contribution in [2.75, 3.05) is 23.5 Å². The zero-order valence-electron chi connectivity index (χ0n) is 16.1. The number of nitriles is 1. The van der Waals surface area contributed by atoms with Crippen LogP contribution in [0.3, 0.4) is 0 Å². The number of ether oxygens (including phenoxy) is 1. The molecule has 1 spiro atoms. The molecule has 154 valence electrons. The summed E-state index contributed by atoms with van der Waals surface area (Å²) in [6.07, 6.45) is 0. The lowest BCUT2D eigenvalue weighted by molar-refractivity contribution is -0.137. The number of anilines is 2. The number of rotatable bonds is 1. The van der Waals surface area contributed by atoms with Gasteiger partial charge in [-0.25, -0.2) is 9.18 Å². The van der Waals surface area contributed by atoms with Crippen LogP contribution in [0.5, 0.6) is 0 Å². The molecule has 0 unspecified atom stereocenters. The average Bonchev–Trinajstić information content (AvgIpc) is 3.24. The molecule has 5 rings (SSSR count). The molecule has 0 bridgehead atoms. The minimum atomic E-state index is -1.71. The minimum Gasteiger partial charge on any atom is -0.456 e. The fourth-order valence-corrected chi connectivity index (χ4v) is 4.79. The van der Waals surface area contributed by atoms with E-state index in [0.717, 1.165) is 6.07 Å². The van der Waals surface area contributed by atoms with E-state index in [1.165, 1.54) is 21.9 Å². The van der Waals surface area contributed by atoms with Gasteiger partial charge in [-0.15, -0.1) is 0 Å². The Labute approximate surface area is 181 Å². The Morgan fingerprint density at radius 3 is 2.71 bits per heavy atom. The number of hydrogen-bond donors (Lipinski definition) is 1. The smallest absolute Gasteiger partial charge is 0.338 e. The van der Waals surface area contributed by atoms with Crippen LogP contribution in [0.1, 0.15) is 5.56 Å². The van der Waals surface area contributed by atoms with Crippen molar-refractivity contribution in [3.63, 3.8) is 0 Å². The van der Waals surface area contributed by atoms with Crippen molar-refractivity contribution < 1.29 is 18.7 Å². The van der Waals surface area contributed by atoms with Gasteiger partial charge in [-0.2, -0.15) is 5.26 Å². The highest BCUT2D eigenvalue weighted by Gasteiger charge is 2.63. The number of carbonyl (C=O) groups excluding carboxylic acids is 2. The molecule has 3 aliphatic heterocycles. The van der Waals surface area contributed by atoms with Crippen LogP contribution >= 0.6 is 11.6 Å². The third-order valence-corrected chi connectivity index (χ3v) is 6.21. The van der Waals surface area contributed by atoms with Crippen LogP contribution in [0.15, 0.2) is 65.1 Å². The maximum Gasteiger partial charge on any atom is 0.338 e. The summed E-state index contributed by atoms with van der Waals surface area (Å²) < 4.78 is 19.1. The Kier molecular flexibility index (Phi) is 3.91.